The van der Waals surface area contributed by atoms with Gasteiger partial charge in [-0.3, -0.25) is 9.69 Å². The van der Waals surface area contributed by atoms with Crippen LogP contribution in [0.4, 0.5) is 5.69 Å². The minimum absolute atomic E-state index is 0.121. The summed E-state index contributed by atoms with van der Waals surface area (Å²) in [6.07, 6.45) is 2.38. The van der Waals surface area contributed by atoms with Crippen LogP contribution in [0.2, 0.25) is 0 Å². The van der Waals surface area contributed by atoms with Crippen LogP contribution in [-0.4, -0.2) is 59.9 Å². The van der Waals surface area contributed by atoms with Crippen LogP contribution in [0, 0.1) is 6.92 Å². The first-order valence-electron chi connectivity index (χ1n) is 12.4. The van der Waals surface area contributed by atoms with Crippen LogP contribution < -0.4 is 10.2 Å². The van der Waals surface area contributed by atoms with Crippen molar-refractivity contribution in [3.63, 3.8) is 0 Å². The summed E-state index contributed by atoms with van der Waals surface area (Å²) in [7, 11) is 0. The monoisotopic (exact) mass is 491 g/mol. The van der Waals surface area contributed by atoms with Crippen molar-refractivity contribution in [3.8, 4) is 0 Å². The Morgan fingerprint density at radius 1 is 0.971 bits per heavy atom. The van der Waals surface area contributed by atoms with Gasteiger partial charge in [-0.15, -0.1) is 21.5 Å². The Morgan fingerprint density at radius 3 is 2.46 bits per heavy atom. The first-order valence-corrected chi connectivity index (χ1v) is 13.2. The molecule has 3 aromatic rings. The zero-order valence-electron chi connectivity index (χ0n) is 20.3. The van der Waals surface area contributed by atoms with Gasteiger partial charge in [0.05, 0.1) is 19.8 Å². The molecule has 0 radical (unpaired) electrons. The largest absolute Gasteiger partial charge is 0.379 e. The number of benzene rings is 2. The van der Waals surface area contributed by atoms with Crippen LogP contribution in [0.3, 0.4) is 0 Å². The van der Waals surface area contributed by atoms with Crippen molar-refractivity contribution >= 4 is 22.9 Å². The summed E-state index contributed by atoms with van der Waals surface area (Å²) in [5.74, 6) is 0.166. The summed E-state index contributed by atoms with van der Waals surface area (Å²) >= 11 is 1.66. The molecule has 5 rings (SSSR count). The number of nitrogens with one attached hydrogen (secondary N) is 1. The van der Waals surface area contributed by atoms with E-state index in [1.54, 1.807) is 11.3 Å². The van der Waals surface area contributed by atoms with Crippen LogP contribution >= 0.6 is 11.3 Å². The lowest BCUT2D eigenvalue weighted by atomic mass is 10.1. The fourth-order valence-electron chi connectivity index (χ4n) is 4.59. The number of carbonyl (C=O) groups excluding carboxylic acids is 1. The Kier molecular flexibility index (Phi) is 7.83. The lowest BCUT2D eigenvalue weighted by Gasteiger charge is -2.26. The second kappa shape index (κ2) is 11.4. The van der Waals surface area contributed by atoms with E-state index < -0.39 is 0 Å². The van der Waals surface area contributed by atoms with Gasteiger partial charge < -0.3 is 15.0 Å². The molecule has 184 valence electrons. The van der Waals surface area contributed by atoms with Crippen molar-refractivity contribution in [2.24, 2.45) is 0 Å². The SMILES string of the molecule is Cc1ccc(CCc2nnc(CNC3CC(=O)N(c4ccc(CN5CCOCC5)cc4)C3)s2)cc1. The van der Waals surface area contributed by atoms with E-state index in [0.717, 1.165) is 61.4 Å². The minimum Gasteiger partial charge on any atom is -0.379 e. The molecule has 3 heterocycles. The molecular weight excluding hydrogens is 458 g/mol. The Labute approximate surface area is 211 Å². The third-order valence-electron chi connectivity index (χ3n) is 6.68. The van der Waals surface area contributed by atoms with E-state index in [-0.39, 0.29) is 11.9 Å². The van der Waals surface area contributed by atoms with Gasteiger partial charge >= 0.3 is 0 Å². The van der Waals surface area contributed by atoms with Gasteiger partial charge in [0.1, 0.15) is 10.0 Å². The smallest absolute Gasteiger partial charge is 0.228 e. The number of hydrogen-bond donors (Lipinski definition) is 1. The number of amides is 1. The summed E-state index contributed by atoms with van der Waals surface area (Å²) in [6.45, 7) is 7.92. The first-order chi connectivity index (χ1) is 17.1. The number of ether oxygens (including phenoxy) is 1. The summed E-state index contributed by atoms with van der Waals surface area (Å²) in [5.41, 5.74) is 4.85. The molecule has 2 aliphatic heterocycles. The van der Waals surface area contributed by atoms with E-state index in [2.05, 4.69) is 75.9 Å². The second-order valence-corrected chi connectivity index (χ2v) is 10.6. The lowest BCUT2D eigenvalue weighted by molar-refractivity contribution is -0.117. The molecule has 0 saturated carbocycles. The Hall–Kier alpha value is -2.65. The molecule has 1 atom stereocenters. The zero-order chi connectivity index (χ0) is 24.0. The number of aromatic nitrogens is 2. The van der Waals surface area contributed by atoms with Crippen molar-refractivity contribution in [1.82, 2.24) is 20.4 Å². The summed E-state index contributed by atoms with van der Waals surface area (Å²) in [6, 6.07) is 17.2. The van der Waals surface area contributed by atoms with Crippen molar-refractivity contribution < 1.29 is 9.53 Å². The average molecular weight is 492 g/mol. The molecule has 1 aromatic heterocycles. The van der Waals surface area contributed by atoms with Crippen LogP contribution in [0.5, 0.6) is 0 Å². The van der Waals surface area contributed by atoms with Gasteiger partial charge in [-0.1, -0.05) is 42.0 Å². The molecule has 1 N–H and O–H groups in total. The third kappa shape index (κ3) is 6.52. The number of rotatable bonds is 9. The van der Waals surface area contributed by atoms with Crippen LogP contribution in [0.25, 0.3) is 0 Å². The maximum atomic E-state index is 12.7. The van der Waals surface area contributed by atoms with E-state index in [1.807, 2.05) is 4.90 Å². The summed E-state index contributed by atoms with van der Waals surface area (Å²) < 4.78 is 5.43. The molecule has 1 amide bonds. The highest BCUT2D eigenvalue weighted by Gasteiger charge is 2.30. The molecule has 2 fully saturated rings. The number of anilines is 1. The number of carbonyl (C=O) groups is 1. The predicted molar refractivity (Wildman–Crippen MR) is 139 cm³/mol. The molecule has 7 nitrogen and oxygen atoms in total. The van der Waals surface area contributed by atoms with E-state index in [1.165, 1.54) is 16.7 Å². The van der Waals surface area contributed by atoms with Crippen molar-refractivity contribution in [2.75, 3.05) is 37.7 Å². The highest BCUT2D eigenvalue weighted by atomic mass is 32.1. The molecule has 2 saturated heterocycles. The average Bonchev–Trinajstić information content (AvgIpc) is 3.49. The van der Waals surface area contributed by atoms with E-state index >= 15 is 0 Å². The molecule has 2 aromatic carbocycles. The fourth-order valence-corrected chi connectivity index (χ4v) is 5.39. The number of aryl methyl sites for hydroxylation is 3. The van der Waals surface area contributed by atoms with Crippen molar-refractivity contribution in [3.05, 3.63) is 75.2 Å². The van der Waals surface area contributed by atoms with E-state index in [9.17, 15) is 4.79 Å². The Balaban J connectivity index is 1.08. The lowest BCUT2D eigenvalue weighted by Crippen LogP contribution is -2.35. The Bertz CT molecular complexity index is 1110. The molecule has 2 aliphatic rings. The van der Waals surface area contributed by atoms with Crippen LogP contribution in [0.1, 0.15) is 33.1 Å². The molecule has 0 aliphatic carbocycles. The number of morpholine rings is 1. The molecule has 8 heteroatoms. The van der Waals surface area contributed by atoms with Gasteiger partial charge in [-0.05, 0) is 36.6 Å². The first kappa shape index (κ1) is 24.1. The molecule has 35 heavy (non-hydrogen) atoms. The third-order valence-corrected chi connectivity index (χ3v) is 7.66. The van der Waals surface area contributed by atoms with Gasteiger partial charge in [-0.2, -0.15) is 0 Å². The van der Waals surface area contributed by atoms with Crippen molar-refractivity contribution in [2.45, 2.75) is 45.3 Å². The molecule has 0 spiro atoms. The number of nitrogens with zero attached hydrogens (tertiary/aromatic N) is 4. The highest BCUT2D eigenvalue weighted by Crippen LogP contribution is 2.23. The minimum atomic E-state index is 0.121. The predicted octanol–water partition coefficient (Wildman–Crippen LogP) is 3.36. The van der Waals surface area contributed by atoms with Crippen LogP contribution in [0.15, 0.2) is 48.5 Å². The topological polar surface area (TPSA) is 70.6 Å². The normalized spacial score (nSPS) is 18.9. The van der Waals surface area contributed by atoms with Crippen molar-refractivity contribution in [1.29, 1.82) is 0 Å². The maximum Gasteiger partial charge on any atom is 0.228 e. The standard InChI is InChI=1S/C27H33N5O2S/c1-20-2-4-21(5-3-20)8-11-25-29-30-26(35-25)17-28-23-16-27(33)32(19-23)24-9-6-22(7-10-24)18-31-12-14-34-15-13-31/h2-7,9-10,23,28H,8,11-19H2,1H3. The van der Waals surface area contributed by atoms with Gasteiger partial charge in [0.2, 0.25) is 5.91 Å². The quantitative estimate of drug-likeness (QED) is 0.495. The summed E-state index contributed by atoms with van der Waals surface area (Å²) in [4.78, 5) is 17.0. The van der Waals surface area contributed by atoms with E-state index in [0.29, 0.717) is 19.5 Å². The Morgan fingerprint density at radius 2 is 1.69 bits per heavy atom. The number of hydrogen-bond acceptors (Lipinski definition) is 7. The second-order valence-electron chi connectivity index (χ2n) is 9.42. The highest BCUT2D eigenvalue weighted by molar-refractivity contribution is 7.11. The zero-order valence-corrected chi connectivity index (χ0v) is 21.1. The molecule has 0 bridgehead atoms. The summed E-state index contributed by atoms with van der Waals surface area (Å²) in [5, 5.41) is 14.3. The fraction of sp³-hybridized carbons (Fsp3) is 0.444. The molecular formula is C27H33N5O2S. The van der Waals surface area contributed by atoms with Gasteiger partial charge in [0.25, 0.3) is 0 Å². The van der Waals surface area contributed by atoms with E-state index in [4.69, 9.17) is 4.74 Å². The van der Waals surface area contributed by atoms with Gasteiger partial charge in [0, 0.05) is 50.7 Å². The van der Waals surface area contributed by atoms with Crippen LogP contribution in [-0.2, 0) is 35.5 Å². The molecule has 1 unspecified atom stereocenters. The van der Waals surface area contributed by atoms with Gasteiger partial charge in [0.15, 0.2) is 0 Å². The van der Waals surface area contributed by atoms with Gasteiger partial charge in [-0.25, -0.2) is 0 Å². The maximum absolute atomic E-state index is 12.7.